The van der Waals surface area contributed by atoms with Gasteiger partial charge in [0.2, 0.25) is 0 Å². The van der Waals surface area contributed by atoms with Gasteiger partial charge in [-0.1, -0.05) is 18.2 Å². The van der Waals surface area contributed by atoms with Crippen molar-refractivity contribution in [2.24, 2.45) is 0 Å². The highest BCUT2D eigenvalue weighted by Gasteiger charge is 2.36. The first-order valence-electron chi connectivity index (χ1n) is 9.14. The van der Waals surface area contributed by atoms with Gasteiger partial charge < -0.3 is 15.1 Å². The Labute approximate surface area is 147 Å². The van der Waals surface area contributed by atoms with Crippen molar-refractivity contribution in [3.8, 4) is 0 Å². The molecule has 5 nitrogen and oxygen atoms in total. The summed E-state index contributed by atoms with van der Waals surface area (Å²) in [4.78, 5) is 21.7. The van der Waals surface area contributed by atoms with Gasteiger partial charge in [-0.2, -0.15) is 0 Å². The summed E-state index contributed by atoms with van der Waals surface area (Å²) >= 11 is 0. The number of rotatable bonds is 2. The average molecular weight is 334 g/mol. The molecule has 6 rings (SSSR count). The summed E-state index contributed by atoms with van der Waals surface area (Å²) in [5.41, 5.74) is 4.05. The number of carbonyl (C=O) groups excluding carboxylic acids is 1. The van der Waals surface area contributed by atoms with E-state index in [2.05, 4.69) is 21.3 Å². The van der Waals surface area contributed by atoms with E-state index in [0.29, 0.717) is 17.6 Å². The first kappa shape index (κ1) is 14.9. The maximum atomic E-state index is 13.1. The van der Waals surface area contributed by atoms with Gasteiger partial charge in [0.15, 0.2) is 0 Å². The van der Waals surface area contributed by atoms with E-state index in [1.165, 1.54) is 12.0 Å². The van der Waals surface area contributed by atoms with Crippen LogP contribution in [0.2, 0.25) is 0 Å². The lowest BCUT2D eigenvalue weighted by atomic mass is 9.91. The predicted octanol–water partition coefficient (Wildman–Crippen LogP) is 2.23. The number of hydrogen-bond donors (Lipinski definition) is 1. The van der Waals surface area contributed by atoms with Gasteiger partial charge in [0.25, 0.3) is 5.91 Å². The molecule has 4 aliphatic rings. The molecule has 128 valence electrons. The molecule has 1 aromatic carbocycles. The summed E-state index contributed by atoms with van der Waals surface area (Å²) in [5.74, 6) is 0.0572. The van der Waals surface area contributed by atoms with Crippen molar-refractivity contribution in [2.75, 3.05) is 29.4 Å². The molecule has 5 heteroatoms. The van der Waals surface area contributed by atoms with Crippen LogP contribution < -0.4 is 15.1 Å². The molecule has 0 saturated carbocycles. The summed E-state index contributed by atoms with van der Waals surface area (Å²) < 4.78 is 0. The highest BCUT2D eigenvalue weighted by molar-refractivity contribution is 6.07. The van der Waals surface area contributed by atoms with Crippen molar-refractivity contribution in [3.05, 3.63) is 53.9 Å². The van der Waals surface area contributed by atoms with Gasteiger partial charge in [0.05, 0.1) is 17.4 Å². The van der Waals surface area contributed by atoms with Crippen LogP contribution in [0, 0.1) is 0 Å². The number of aryl methyl sites for hydroxylation is 1. The zero-order chi connectivity index (χ0) is 16.8. The Morgan fingerprint density at radius 2 is 1.96 bits per heavy atom. The van der Waals surface area contributed by atoms with Crippen molar-refractivity contribution >= 4 is 17.3 Å². The maximum Gasteiger partial charge on any atom is 0.259 e. The molecule has 2 bridgehead atoms. The number of anilines is 2. The Kier molecular flexibility index (Phi) is 3.48. The number of benzene rings is 1. The molecule has 1 aromatic heterocycles. The SMILES string of the molecule is O=C(c1cncc(N2CC3CC(C2)N3)c1)N1CCCc2ccccc21. The third kappa shape index (κ3) is 2.59. The maximum absolute atomic E-state index is 13.1. The van der Waals surface area contributed by atoms with Crippen molar-refractivity contribution in [1.82, 2.24) is 10.3 Å². The molecule has 5 heterocycles. The average Bonchev–Trinajstić information content (AvgIpc) is 2.67. The molecule has 0 aliphatic carbocycles. The number of para-hydroxylation sites is 1. The van der Waals surface area contributed by atoms with Gasteiger partial charge in [-0.05, 0) is 37.0 Å². The van der Waals surface area contributed by atoms with E-state index in [4.69, 9.17) is 0 Å². The number of carbonyl (C=O) groups is 1. The topological polar surface area (TPSA) is 48.5 Å². The second-order valence-corrected chi connectivity index (χ2v) is 7.32. The van der Waals surface area contributed by atoms with Crippen LogP contribution in [0.15, 0.2) is 42.7 Å². The molecule has 2 aromatic rings. The fourth-order valence-corrected chi connectivity index (χ4v) is 4.34. The second kappa shape index (κ2) is 5.85. The highest BCUT2D eigenvalue weighted by atomic mass is 16.2. The molecule has 1 amide bonds. The van der Waals surface area contributed by atoms with E-state index in [1.54, 1.807) is 6.20 Å². The standard InChI is InChI=1S/C20H22N4O/c25-20(24-7-3-5-14-4-1-2-6-19(14)24)15-8-18(11-21-10-15)23-12-16-9-17(13-23)22-16/h1-2,4,6,8,10-11,16-17,22H,3,5,7,9,12-13H2. The van der Waals surface area contributed by atoms with Gasteiger partial charge in [-0.3, -0.25) is 9.78 Å². The molecule has 3 saturated heterocycles. The van der Waals surface area contributed by atoms with Crippen LogP contribution in [0.5, 0.6) is 0 Å². The quantitative estimate of drug-likeness (QED) is 0.915. The Hall–Kier alpha value is -2.40. The Bertz CT molecular complexity index is 805. The molecule has 0 spiro atoms. The van der Waals surface area contributed by atoms with Crippen molar-refractivity contribution < 1.29 is 4.79 Å². The Morgan fingerprint density at radius 1 is 1.16 bits per heavy atom. The van der Waals surface area contributed by atoms with Crippen LogP contribution in [0.3, 0.4) is 0 Å². The minimum absolute atomic E-state index is 0.0572. The van der Waals surface area contributed by atoms with Crippen LogP contribution in [-0.4, -0.2) is 42.6 Å². The van der Waals surface area contributed by atoms with E-state index in [-0.39, 0.29) is 5.91 Å². The minimum Gasteiger partial charge on any atom is -0.367 e. The first-order chi connectivity index (χ1) is 12.3. The van der Waals surface area contributed by atoms with E-state index >= 15 is 0 Å². The van der Waals surface area contributed by atoms with Crippen molar-refractivity contribution in [2.45, 2.75) is 31.3 Å². The first-order valence-corrected chi connectivity index (χ1v) is 9.14. The molecule has 4 aliphatic heterocycles. The third-order valence-corrected chi connectivity index (χ3v) is 5.61. The summed E-state index contributed by atoms with van der Waals surface area (Å²) in [6, 6.07) is 11.4. The number of hydrogen-bond acceptors (Lipinski definition) is 4. The Morgan fingerprint density at radius 3 is 2.80 bits per heavy atom. The molecule has 2 atom stereocenters. The number of pyridine rings is 1. The zero-order valence-electron chi connectivity index (χ0n) is 14.2. The molecule has 25 heavy (non-hydrogen) atoms. The van der Waals surface area contributed by atoms with E-state index < -0.39 is 0 Å². The molecule has 2 unspecified atom stereocenters. The molecule has 3 fully saturated rings. The molecule has 1 N–H and O–H groups in total. The molecular formula is C20H22N4O. The van der Waals surface area contributed by atoms with Gasteiger partial charge in [0.1, 0.15) is 0 Å². The minimum atomic E-state index is 0.0572. The monoisotopic (exact) mass is 334 g/mol. The summed E-state index contributed by atoms with van der Waals surface area (Å²) in [7, 11) is 0. The normalized spacial score (nSPS) is 24.5. The van der Waals surface area contributed by atoms with Gasteiger partial charge in [0, 0.05) is 43.6 Å². The number of piperidine rings is 1. The third-order valence-electron chi connectivity index (χ3n) is 5.61. The number of aromatic nitrogens is 1. The number of nitrogens with one attached hydrogen (secondary N) is 1. The van der Waals surface area contributed by atoms with Crippen molar-refractivity contribution in [3.63, 3.8) is 0 Å². The fraction of sp³-hybridized carbons (Fsp3) is 0.400. The molecular weight excluding hydrogens is 312 g/mol. The predicted molar refractivity (Wildman–Crippen MR) is 98.2 cm³/mol. The van der Waals surface area contributed by atoms with E-state index in [1.807, 2.05) is 35.4 Å². The number of amides is 1. The van der Waals surface area contributed by atoms with Crippen LogP contribution >= 0.6 is 0 Å². The lowest BCUT2D eigenvalue weighted by molar-refractivity contribution is 0.0985. The van der Waals surface area contributed by atoms with Gasteiger partial charge in [-0.25, -0.2) is 0 Å². The lowest BCUT2D eigenvalue weighted by Gasteiger charge is -2.49. The lowest BCUT2D eigenvalue weighted by Crippen LogP contribution is -2.67. The van der Waals surface area contributed by atoms with Crippen LogP contribution in [-0.2, 0) is 6.42 Å². The van der Waals surface area contributed by atoms with Crippen molar-refractivity contribution in [1.29, 1.82) is 0 Å². The number of piperazine rings is 1. The van der Waals surface area contributed by atoms with Gasteiger partial charge in [-0.15, -0.1) is 0 Å². The summed E-state index contributed by atoms with van der Waals surface area (Å²) in [5, 5.41) is 3.54. The fourth-order valence-electron chi connectivity index (χ4n) is 4.34. The van der Waals surface area contributed by atoms with Gasteiger partial charge >= 0.3 is 0 Å². The molecule has 0 radical (unpaired) electrons. The van der Waals surface area contributed by atoms with Crippen LogP contribution in [0.1, 0.15) is 28.8 Å². The number of nitrogens with zero attached hydrogens (tertiary/aromatic N) is 3. The number of fused-ring (bicyclic) bond motifs is 3. The summed E-state index contributed by atoms with van der Waals surface area (Å²) in [6.07, 6.45) is 6.91. The smallest absolute Gasteiger partial charge is 0.259 e. The summed E-state index contributed by atoms with van der Waals surface area (Å²) in [6.45, 7) is 2.78. The van der Waals surface area contributed by atoms with E-state index in [0.717, 1.165) is 43.9 Å². The highest BCUT2D eigenvalue weighted by Crippen LogP contribution is 2.30. The zero-order valence-corrected chi connectivity index (χ0v) is 14.2. The Balaban J connectivity index is 1.42. The largest absolute Gasteiger partial charge is 0.367 e. The van der Waals surface area contributed by atoms with Crippen LogP contribution in [0.4, 0.5) is 11.4 Å². The second-order valence-electron chi connectivity index (χ2n) is 7.32. The van der Waals surface area contributed by atoms with E-state index in [9.17, 15) is 4.79 Å². The van der Waals surface area contributed by atoms with Crippen LogP contribution in [0.25, 0.3) is 0 Å².